The average molecular weight is 240 g/mol. The zero-order valence-corrected chi connectivity index (χ0v) is 10.8. The van der Waals surface area contributed by atoms with Crippen LogP contribution in [0.2, 0.25) is 0 Å². The summed E-state index contributed by atoms with van der Waals surface area (Å²) in [6.45, 7) is 7.38. The van der Waals surface area contributed by atoms with Crippen LogP contribution < -0.4 is 5.32 Å². The number of hydrogen-bond acceptors (Lipinski definition) is 4. The molecule has 0 aromatic rings. The molecule has 3 fully saturated rings. The summed E-state index contributed by atoms with van der Waals surface area (Å²) in [6.07, 6.45) is 4.62. The Morgan fingerprint density at radius 2 is 1.88 bits per heavy atom. The monoisotopic (exact) mass is 240 g/mol. The minimum Gasteiger partial charge on any atom is -0.348 e. The Bertz CT molecular complexity index is 256. The fourth-order valence-corrected chi connectivity index (χ4v) is 3.49. The highest BCUT2D eigenvalue weighted by Crippen LogP contribution is 2.37. The first kappa shape index (κ1) is 11.9. The highest BCUT2D eigenvalue weighted by molar-refractivity contribution is 4.89. The molecule has 4 heteroatoms. The van der Waals surface area contributed by atoms with Gasteiger partial charge in [0.1, 0.15) is 0 Å². The molecule has 98 valence electrons. The normalized spacial score (nSPS) is 35.5. The molecule has 3 rings (SSSR count). The summed E-state index contributed by atoms with van der Waals surface area (Å²) in [5.74, 6) is -0.198. The van der Waals surface area contributed by atoms with E-state index in [1.54, 1.807) is 0 Å². The zero-order chi connectivity index (χ0) is 11.7. The molecule has 2 aliphatic heterocycles. The first-order chi connectivity index (χ1) is 8.27. The van der Waals surface area contributed by atoms with Gasteiger partial charge in [-0.05, 0) is 19.8 Å². The van der Waals surface area contributed by atoms with Gasteiger partial charge in [0.15, 0.2) is 5.79 Å². The minimum atomic E-state index is -0.198. The molecule has 1 unspecified atom stereocenters. The van der Waals surface area contributed by atoms with E-state index in [0.29, 0.717) is 6.04 Å². The fourth-order valence-electron chi connectivity index (χ4n) is 3.49. The van der Waals surface area contributed by atoms with Crippen LogP contribution in [0.5, 0.6) is 0 Å². The average Bonchev–Trinajstić information content (AvgIpc) is 2.79. The van der Waals surface area contributed by atoms with Crippen molar-refractivity contribution >= 4 is 0 Å². The van der Waals surface area contributed by atoms with Crippen LogP contribution in [0.15, 0.2) is 0 Å². The first-order valence-electron chi connectivity index (χ1n) is 7.03. The number of rotatable bonds is 1. The van der Waals surface area contributed by atoms with Gasteiger partial charge in [0.2, 0.25) is 0 Å². The maximum absolute atomic E-state index is 5.79. The summed E-state index contributed by atoms with van der Waals surface area (Å²) >= 11 is 0. The standard InChI is InChI=1S/C13H24N2O2/c1-11-10-15(7-6-14-11)12-2-4-13(5-3-12)16-8-9-17-13/h11-12,14H,2-10H2,1H3. The fraction of sp³-hybridized carbons (Fsp3) is 1.00. The molecule has 2 heterocycles. The van der Waals surface area contributed by atoms with Gasteiger partial charge in [-0.2, -0.15) is 0 Å². The van der Waals surface area contributed by atoms with E-state index < -0.39 is 0 Å². The molecule has 1 atom stereocenters. The summed E-state index contributed by atoms with van der Waals surface area (Å²) in [5.41, 5.74) is 0. The van der Waals surface area contributed by atoms with Crippen LogP contribution in [0.25, 0.3) is 0 Å². The van der Waals surface area contributed by atoms with E-state index in [1.807, 2.05) is 0 Å². The van der Waals surface area contributed by atoms with Crippen LogP contribution in [0.1, 0.15) is 32.6 Å². The summed E-state index contributed by atoms with van der Waals surface area (Å²) in [6, 6.07) is 1.39. The highest BCUT2D eigenvalue weighted by Gasteiger charge is 2.41. The largest absolute Gasteiger partial charge is 0.348 e. The van der Waals surface area contributed by atoms with Crippen LogP contribution in [0, 0.1) is 0 Å². The predicted octanol–water partition coefficient (Wildman–Crippen LogP) is 0.966. The smallest absolute Gasteiger partial charge is 0.168 e. The van der Waals surface area contributed by atoms with Crippen LogP contribution in [-0.4, -0.2) is 55.6 Å². The third-order valence-electron chi connectivity index (χ3n) is 4.45. The van der Waals surface area contributed by atoms with E-state index in [4.69, 9.17) is 9.47 Å². The minimum absolute atomic E-state index is 0.198. The lowest BCUT2D eigenvalue weighted by molar-refractivity contribution is -0.184. The van der Waals surface area contributed by atoms with E-state index in [2.05, 4.69) is 17.1 Å². The van der Waals surface area contributed by atoms with Crippen molar-refractivity contribution in [3.63, 3.8) is 0 Å². The van der Waals surface area contributed by atoms with Gasteiger partial charge < -0.3 is 14.8 Å². The van der Waals surface area contributed by atoms with Gasteiger partial charge in [-0.3, -0.25) is 4.90 Å². The highest BCUT2D eigenvalue weighted by atomic mass is 16.7. The van der Waals surface area contributed by atoms with Gasteiger partial charge >= 0.3 is 0 Å². The van der Waals surface area contributed by atoms with Crippen LogP contribution >= 0.6 is 0 Å². The molecular weight excluding hydrogens is 216 g/mol. The van der Waals surface area contributed by atoms with Crippen molar-refractivity contribution in [3.05, 3.63) is 0 Å². The molecule has 1 N–H and O–H groups in total. The van der Waals surface area contributed by atoms with E-state index in [1.165, 1.54) is 25.9 Å². The molecular formula is C13H24N2O2. The number of nitrogens with one attached hydrogen (secondary N) is 1. The molecule has 1 aliphatic carbocycles. The Kier molecular flexibility index (Phi) is 3.39. The lowest BCUT2D eigenvalue weighted by atomic mass is 9.88. The second kappa shape index (κ2) is 4.84. The first-order valence-corrected chi connectivity index (χ1v) is 7.03. The lowest BCUT2D eigenvalue weighted by Gasteiger charge is -2.43. The van der Waals surface area contributed by atoms with Crippen LogP contribution in [-0.2, 0) is 9.47 Å². The van der Waals surface area contributed by atoms with Gasteiger partial charge in [0.25, 0.3) is 0 Å². The molecule has 0 bridgehead atoms. The van der Waals surface area contributed by atoms with E-state index in [0.717, 1.165) is 38.6 Å². The van der Waals surface area contributed by atoms with Crippen molar-refractivity contribution in [2.75, 3.05) is 32.8 Å². The van der Waals surface area contributed by atoms with Crippen molar-refractivity contribution in [2.45, 2.75) is 50.5 Å². The summed E-state index contributed by atoms with van der Waals surface area (Å²) < 4.78 is 11.6. The van der Waals surface area contributed by atoms with Gasteiger partial charge in [-0.25, -0.2) is 0 Å². The molecule has 0 aromatic heterocycles. The maximum atomic E-state index is 5.79. The predicted molar refractivity (Wildman–Crippen MR) is 65.9 cm³/mol. The third kappa shape index (κ3) is 2.50. The number of nitrogens with zero attached hydrogens (tertiary/aromatic N) is 1. The van der Waals surface area contributed by atoms with Gasteiger partial charge in [0.05, 0.1) is 13.2 Å². The van der Waals surface area contributed by atoms with E-state index >= 15 is 0 Å². The third-order valence-corrected chi connectivity index (χ3v) is 4.45. The van der Waals surface area contributed by atoms with E-state index in [-0.39, 0.29) is 5.79 Å². The molecule has 1 saturated carbocycles. The van der Waals surface area contributed by atoms with Crippen LogP contribution in [0.4, 0.5) is 0 Å². The SMILES string of the molecule is CC1CN(C2CCC3(CC2)OCCO3)CCN1. The van der Waals surface area contributed by atoms with Gasteiger partial charge in [-0.15, -0.1) is 0 Å². The summed E-state index contributed by atoms with van der Waals surface area (Å²) in [4.78, 5) is 2.66. The quantitative estimate of drug-likeness (QED) is 0.740. The summed E-state index contributed by atoms with van der Waals surface area (Å²) in [5, 5.41) is 3.51. The van der Waals surface area contributed by atoms with Crippen molar-refractivity contribution in [3.8, 4) is 0 Å². The summed E-state index contributed by atoms with van der Waals surface area (Å²) in [7, 11) is 0. The molecule has 3 aliphatic rings. The topological polar surface area (TPSA) is 33.7 Å². The Hall–Kier alpha value is -0.160. The van der Waals surface area contributed by atoms with Crippen LogP contribution in [0.3, 0.4) is 0 Å². The van der Waals surface area contributed by atoms with Crippen molar-refractivity contribution in [1.29, 1.82) is 0 Å². The van der Waals surface area contributed by atoms with Crippen molar-refractivity contribution in [1.82, 2.24) is 10.2 Å². The molecule has 17 heavy (non-hydrogen) atoms. The van der Waals surface area contributed by atoms with Crippen molar-refractivity contribution < 1.29 is 9.47 Å². The number of piperazine rings is 1. The van der Waals surface area contributed by atoms with Gasteiger partial charge in [-0.1, -0.05) is 0 Å². The Morgan fingerprint density at radius 3 is 2.53 bits per heavy atom. The second-order valence-corrected chi connectivity index (χ2v) is 5.69. The van der Waals surface area contributed by atoms with E-state index in [9.17, 15) is 0 Å². The Balaban J connectivity index is 1.53. The molecule has 1 spiro atoms. The Labute approximate surface area is 104 Å². The zero-order valence-electron chi connectivity index (χ0n) is 10.8. The Morgan fingerprint density at radius 1 is 1.18 bits per heavy atom. The molecule has 2 saturated heterocycles. The second-order valence-electron chi connectivity index (χ2n) is 5.69. The lowest BCUT2D eigenvalue weighted by Crippen LogP contribution is -2.54. The molecule has 0 radical (unpaired) electrons. The maximum Gasteiger partial charge on any atom is 0.168 e. The molecule has 0 amide bonds. The number of hydrogen-bond donors (Lipinski definition) is 1. The molecule has 4 nitrogen and oxygen atoms in total. The van der Waals surface area contributed by atoms with Crippen molar-refractivity contribution in [2.24, 2.45) is 0 Å². The molecule has 0 aromatic carbocycles. The number of ether oxygens (including phenoxy) is 2. The van der Waals surface area contributed by atoms with Gasteiger partial charge in [0, 0.05) is 44.6 Å².